The van der Waals surface area contributed by atoms with Crippen LogP contribution in [0.2, 0.25) is 0 Å². The van der Waals surface area contributed by atoms with Crippen LogP contribution in [0.4, 0.5) is 5.82 Å². The van der Waals surface area contributed by atoms with Gasteiger partial charge in [-0.25, -0.2) is 14.8 Å². The summed E-state index contributed by atoms with van der Waals surface area (Å²) in [6.45, 7) is 5.17. The van der Waals surface area contributed by atoms with E-state index >= 15 is 0 Å². The standard InChI is InChI=1S/C18H19N5O3/c1-10-7-16(23(4)22-10)21-17(24)9-26-18(25)13-5-6-14-15(8-13)20-12(3)11(2)19-14/h5-8H,9H2,1-4H3,(H,21,24). The van der Waals surface area contributed by atoms with E-state index in [4.69, 9.17) is 4.74 Å². The van der Waals surface area contributed by atoms with E-state index in [0.717, 1.165) is 17.1 Å². The summed E-state index contributed by atoms with van der Waals surface area (Å²) >= 11 is 0. The second kappa shape index (κ2) is 6.91. The molecule has 26 heavy (non-hydrogen) atoms. The van der Waals surface area contributed by atoms with E-state index in [-0.39, 0.29) is 6.61 Å². The summed E-state index contributed by atoms with van der Waals surface area (Å²) in [5, 5.41) is 6.77. The molecule has 0 aliphatic heterocycles. The first kappa shape index (κ1) is 17.5. The van der Waals surface area contributed by atoms with Gasteiger partial charge in [0.05, 0.1) is 33.7 Å². The molecule has 3 rings (SSSR count). The lowest BCUT2D eigenvalue weighted by Crippen LogP contribution is -2.22. The predicted molar refractivity (Wildman–Crippen MR) is 95.9 cm³/mol. The Kier molecular flexibility index (Phi) is 4.66. The van der Waals surface area contributed by atoms with Crippen molar-refractivity contribution in [1.29, 1.82) is 0 Å². The number of carbonyl (C=O) groups is 2. The van der Waals surface area contributed by atoms with Crippen molar-refractivity contribution in [2.24, 2.45) is 7.05 Å². The van der Waals surface area contributed by atoms with Crippen molar-refractivity contribution in [3.8, 4) is 0 Å². The molecule has 1 N–H and O–H groups in total. The van der Waals surface area contributed by atoms with Gasteiger partial charge in [0, 0.05) is 13.1 Å². The van der Waals surface area contributed by atoms with Crippen LogP contribution in [0.5, 0.6) is 0 Å². The molecule has 0 saturated heterocycles. The molecule has 0 radical (unpaired) electrons. The molecule has 1 aromatic carbocycles. The molecule has 0 unspecified atom stereocenters. The third-order valence-corrected chi connectivity index (χ3v) is 3.91. The van der Waals surface area contributed by atoms with E-state index in [0.29, 0.717) is 22.4 Å². The van der Waals surface area contributed by atoms with Crippen molar-refractivity contribution >= 4 is 28.7 Å². The van der Waals surface area contributed by atoms with Crippen LogP contribution >= 0.6 is 0 Å². The Labute approximate surface area is 150 Å². The maximum atomic E-state index is 12.2. The molecule has 134 valence electrons. The number of esters is 1. The fourth-order valence-electron chi connectivity index (χ4n) is 2.48. The van der Waals surface area contributed by atoms with Gasteiger partial charge < -0.3 is 10.1 Å². The summed E-state index contributed by atoms with van der Waals surface area (Å²) in [4.78, 5) is 33.0. The Morgan fingerprint density at radius 2 is 1.77 bits per heavy atom. The van der Waals surface area contributed by atoms with Crippen LogP contribution in [0.25, 0.3) is 11.0 Å². The van der Waals surface area contributed by atoms with Crippen molar-refractivity contribution in [1.82, 2.24) is 19.7 Å². The molecule has 0 bridgehead atoms. The number of rotatable bonds is 4. The summed E-state index contributed by atoms with van der Waals surface area (Å²) in [6, 6.07) is 6.66. The number of carbonyl (C=O) groups excluding carboxylic acids is 2. The molecule has 0 saturated carbocycles. The first-order valence-electron chi connectivity index (χ1n) is 8.06. The second-order valence-electron chi connectivity index (χ2n) is 6.02. The van der Waals surface area contributed by atoms with Crippen molar-refractivity contribution in [2.45, 2.75) is 20.8 Å². The van der Waals surface area contributed by atoms with Gasteiger partial charge in [-0.05, 0) is 39.0 Å². The minimum atomic E-state index is -0.594. The zero-order chi connectivity index (χ0) is 18.8. The third-order valence-electron chi connectivity index (χ3n) is 3.91. The minimum Gasteiger partial charge on any atom is -0.452 e. The molecule has 2 aromatic heterocycles. The lowest BCUT2D eigenvalue weighted by Gasteiger charge is -2.07. The van der Waals surface area contributed by atoms with E-state index in [1.165, 1.54) is 0 Å². The molecule has 0 spiro atoms. The van der Waals surface area contributed by atoms with Crippen molar-refractivity contribution in [3.05, 3.63) is 46.9 Å². The van der Waals surface area contributed by atoms with E-state index in [9.17, 15) is 9.59 Å². The van der Waals surface area contributed by atoms with Crippen molar-refractivity contribution in [2.75, 3.05) is 11.9 Å². The molecular weight excluding hydrogens is 334 g/mol. The van der Waals surface area contributed by atoms with Crippen LogP contribution in [-0.2, 0) is 16.6 Å². The molecule has 0 fully saturated rings. The van der Waals surface area contributed by atoms with E-state index < -0.39 is 11.9 Å². The number of hydrogen-bond acceptors (Lipinski definition) is 6. The van der Waals surface area contributed by atoms with Crippen molar-refractivity contribution < 1.29 is 14.3 Å². The summed E-state index contributed by atoms with van der Waals surface area (Å²) in [7, 11) is 1.72. The number of aromatic nitrogens is 4. The number of nitrogens with one attached hydrogen (secondary N) is 1. The Bertz CT molecular complexity index is 1010. The Morgan fingerprint density at radius 3 is 2.42 bits per heavy atom. The van der Waals surface area contributed by atoms with Gasteiger partial charge in [-0.1, -0.05) is 0 Å². The number of anilines is 1. The number of benzene rings is 1. The molecule has 8 nitrogen and oxygen atoms in total. The maximum Gasteiger partial charge on any atom is 0.338 e. The number of amides is 1. The topological polar surface area (TPSA) is 99.0 Å². The molecule has 3 aromatic rings. The molecule has 0 aliphatic rings. The summed E-state index contributed by atoms with van der Waals surface area (Å²) in [5.74, 6) is -0.493. The van der Waals surface area contributed by atoms with Crippen LogP contribution < -0.4 is 5.32 Å². The lowest BCUT2D eigenvalue weighted by molar-refractivity contribution is -0.119. The third kappa shape index (κ3) is 3.69. The molecular formula is C18H19N5O3. The Morgan fingerprint density at radius 1 is 1.08 bits per heavy atom. The monoisotopic (exact) mass is 353 g/mol. The Balaban J connectivity index is 1.66. The number of aryl methyl sites for hydroxylation is 4. The zero-order valence-corrected chi connectivity index (χ0v) is 15.0. The van der Waals surface area contributed by atoms with E-state index in [1.807, 2.05) is 20.8 Å². The average molecular weight is 353 g/mol. The number of hydrogen-bond donors (Lipinski definition) is 1. The van der Waals surface area contributed by atoms with Crippen molar-refractivity contribution in [3.63, 3.8) is 0 Å². The average Bonchev–Trinajstić information content (AvgIpc) is 2.90. The minimum absolute atomic E-state index is 0.319. The van der Waals surface area contributed by atoms with Gasteiger partial charge in [0.15, 0.2) is 6.61 Å². The van der Waals surface area contributed by atoms with Crippen LogP contribution in [0.3, 0.4) is 0 Å². The molecule has 8 heteroatoms. The second-order valence-corrected chi connectivity index (χ2v) is 6.02. The van der Waals surface area contributed by atoms with Gasteiger partial charge in [0.2, 0.25) is 0 Å². The van der Waals surface area contributed by atoms with Crippen LogP contribution in [0, 0.1) is 20.8 Å². The first-order valence-corrected chi connectivity index (χ1v) is 8.06. The molecule has 0 aliphatic carbocycles. The molecule has 1 amide bonds. The van der Waals surface area contributed by atoms with Gasteiger partial charge in [0.1, 0.15) is 5.82 Å². The Hall–Kier alpha value is -3.29. The van der Waals surface area contributed by atoms with Crippen LogP contribution in [0.15, 0.2) is 24.3 Å². The normalized spacial score (nSPS) is 10.8. The van der Waals surface area contributed by atoms with Gasteiger partial charge in [-0.15, -0.1) is 0 Å². The highest BCUT2D eigenvalue weighted by atomic mass is 16.5. The van der Waals surface area contributed by atoms with Crippen LogP contribution in [0.1, 0.15) is 27.4 Å². The fourth-order valence-corrected chi connectivity index (χ4v) is 2.48. The SMILES string of the molecule is Cc1cc(NC(=O)COC(=O)c2ccc3nc(C)c(C)nc3c2)n(C)n1. The fraction of sp³-hybridized carbons (Fsp3) is 0.278. The predicted octanol–water partition coefficient (Wildman–Crippen LogP) is 2.08. The van der Waals surface area contributed by atoms with Gasteiger partial charge in [-0.2, -0.15) is 5.10 Å². The quantitative estimate of drug-likeness (QED) is 0.721. The van der Waals surface area contributed by atoms with E-state index in [1.54, 1.807) is 36.0 Å². The highest BCUT2D eigenvalue weighted by molar-refractivity contribution is 5.96. The smallest absolute Gasteiger partial charge is 0.338 e. The summed E-state index contributed by atoms with van der Waals surface area (Å²) in [5.41, 5.74) is 4.05. The van der Waals surface area contributed by atoms with E-state index in [2.05, 4.69) is 20.4 Å². The first-order chi connectivity index (χ1) is 12.3. The summed E-state index contributed by atoms with van der Waals surface area (Å²) < 4.78 is 6.63. The van der Waals surface area contributed by atoms with Gasteiger partial charge in [-0.3, -0.25) is 9.48 Å². The largest absolute Gasteiger partial charge is 0.452 e. The van der Waals surface area contributed by atoms with Gasteiger partial charge in [0.25, 0.3) is 5.91 Å². The summed E-state index contributed by atoms with van der Waals surface area (Å²) in [6.07, 6.45) is 0. The molecule has 0 atom stereocenters. The van der Waals surface area contributed by atoms with Gasteiger partial charge >= 0.3 is 5.97 Å². The highest BCUT2D eigenvalue weighted by Gasteiger charge is 2.13. The van der Waals surface area contributed by atoms with Crippen LogP contribution in [-0.4, -0.2) is 38.2 Å². The zero-order valence-electron chi connectivity index (χ0n) is 15.0. The lowest BCUT2D eigenvalue weighted by atomic mass is 10.2. The maximum absolute atomic E-state index is 12.2. The highest BCUT2D eigenvalue weighted by Crippen LogP contribution is 2.15. The molecule has 2 heterocycles. The number of ether oxygens (including phenoxy) is 1. The number of fused-ring (bicyclic) bond motifs is 1. The number of nitrogens with zero attached hydrogens (tertiary/aromatic N) is 4.